The van der Waals surface area contributed by atoms with Gasteiger partial charge >= 0.3 is 0 Å². The van der Waals surface area contributed by atoms with E-state index < -0.39 is 9.84 Å². The zero-order valence-electron chi connectivity index (χ0n) is 10.6. The molecule has 0 saturated heterocycles. The van der Waals surface area contributed by atoms with Crippen molar-refractivity contribution in [3.8, 4) is 5.75 Å². The third-order valence-corrected chi connectivity index (χ3v) is 4.68. The summed E-state index contributed by atoms with van der Waals surface area (Å²) in [6.07, 6.45) is 1.68. The molecule has 0 amide bonds. The van der Waals surface area contributed by atoms with Crippen molar-refractivity contribution in [1.82, 2.24) is 0 Å². The molecule has 0 heterocycles. The van der Waals surface area contributed by atoms with Gasteiger partial charge in [0.1, 0.15) is 16.4 Å². The first-order valence-corrected chi connectivity index (χ1v) is 7.64. The molecule has 2 unspecified atom stereocenters. The second-order valence-corrected chi connectivity index (χ2v) is 6.73. The summed E-state index contributed by atoms with van der Waals surface area (Å²) < 4.78 is 28.2. The molecule has 1 aromatic carbocycles. The Hall–Kier alpha value is -1.36. The maximum Gasteiger partial charge on any atom is 0.179 e. The van der Waals surface area contributed by atoms with Gasteiger partial charge in [-0.15, -0.1) is 0 Å². The van der Waals surface area contributed by atoms with Crippen molar-refractivity contribution in [2.24, 2.45) is 5.92 Å². The minimum Gasteiger partial charge on any atom is -0.495 e. The summed E-state index contributed by atoms with van der Waals surface area (Å²) in [5, 5.41) is 0. The molecule has 2 atom stereocenters. The van der Waals surface area contributed by atoms with E-state index in [4.69, 9.17) is 4.74 Å². The fraction of sp³-hybridized carbons (Fsp3) is 0.462. The lowest BCUT2D eigenvalue weighted by atomic mass is 9.70. The van der Waals surface area contributed by atoms with E-state index in [1.807, 2.05) is 6.92 Å². The maximum atomic E-state index is 11.6. The van der Waals surface area contributed by atoms with E-state index >= 15 is 0 Å². The third-order valence-electron chi connectivity index (χ3n) is 3.55. The standard InChI is InChI=1S/C13H16O4S/c1-8-10(7-11(8)14)9-4-5-13(18(3,15)16)12(6-9)17-2/h4-6,8,10H,7H2,1-3H3. The van der Waals surface area contributed by atoms with Crippen LogP contribution in [0.3, 0.4) is 0 Å². The van der Waals surface area contributed by atoms with E-state index in [0.717, 1.165) is 11.8 Å². The first-order valence-electron chi connectivity index (χ1n) is 5.75. The molecular formula is C13H16O4S. The van der Waals surface area contributed by atoms with Crippen LogP contribution in [0.1, 0.15) is 24.8 Å². The first-order chi connectivity index (χ1) is 8.34. The van der Waals surface area contributed by atoms with Crippen LogP contribution in [0, 0.1) is 5.92 Å². The molecule has 98 valence electrons. The molecule has 4 nitrogen and oxygen atoms in total. The van der Waals surface area contributed by atoms with Gasteiger partial charge in [-0.3, -0.25) is 4.79 Å². The van der Waals surface area contributed by atoms with E-state index in [-0.39, 0.29) is 22.5 Å². The predicted molar refractivity (Wildman–Crippen MR) is 67.6 cm³/mol. The van der Waals surface area contributed by atoms with Crippen molar-refractivity contribution >= 4 is 15.6 Å². The van der Waals surface area contributed by atoms with Crippen LogP contribution in [-0.4, -0.2) is 27.6 Å². The SMILES string of the molecule is COc1cc(C2CC(=O)C2C)ccc1S(C)(=O)=O. The molecule has 0 aromatic heterocycles. The van der Waals surface area contributed by atoms with Crippen LogP contribution in [0.4, 0.5) is 0 Å². The molecule has 0 N–H and O–H groups in total. The minimum atomic E-state index is -3.29. The van der Waals surface area contributed by atoms with Gasteiger partial charge in [-0.05, 0) is 17.7 Å². The molecule has 1 fully saturated rings. The van der Waals surface area contributed by atoms with Gasteiger partial charge in [0.2, 0.25) is 0 Å². The van der Waals surface area contributed by atoms with Crippen molar-refractivity contribution in [3.63, 3.8) is 0 Å². The Bertz CT molecular complexity index is 589. The molecule has 2 rings (SSSR count). The largest absolute Gasteiger partial charge is 0.495 e. The average Bonchev–Trinajstić information content (AvgIpc) is 2.33. The summed E-state index contributed by atoms with van der Waals surface area (Å²) in [7, 11) is -1.85. The summed E-state index contributed by atoms with van der Waals surface area (Å²) in [5.41, 5.74) is 0.964. The van der Waals surface area contributed by atoms with Crippen LogP contribution < -0.4 is 4.74 Å². The van der Waals surface area contributed by atoms with Crippen LogP contribution in [0.15, 0.2) is 23.1 Å². The van der Waals surface area contributed by atoms with Gasteiger partial charge in [0, 0.05) is 24.5 Å². The highest BCUT2D eigenvalue weighted by Crippen LogP contribution is 2.41. The number of ketones is 1. The van der Waals surface area contributed by atoms with Crippen LogP contribution in [-0.2, 0) is 14.6 Å². The Morgan fingerprint density at radius 2 is 2.00 bits per heavy atom. The van der Waals surface area contributed by atoms with E-state index in [0.29, 0.717) is 12.2 Å². The van der Waals surface area contributed by atoms with Crippen molar-refractivity contribution in [2.45, 2.75) is 24.2 Å². The van der Waals surface area contributed by atoms with E-state index in [1.165, 1.54) is 7.11 Å². The highest BCUT2D eigenvalue weighted by molar-refractivity contribution is 7.90. The molecule has 0 aliphatic heterocycles. The second-order valence-electron chi connectivity index (χ2n) is 4.75. The zero-order chi connectivity index (χ0) is 13.5. The first kappa shape index (κ1) is 13.1. The second kappa shape index (κ2) is 4.39. The smallest absolute Gasteiger partial charge is 0.179 e. The molecule has 1 aliphatic carbocycles. The summed E-state index contributed by atoms with van der Waals surface area (Å²) in [4.78, 5) is 11.5. The number of sulfone groups is 1. The van der Waals surface area contributed by atoms with E-state index in [2.05, 4.69) is 0 Å². The fourth-order valence-corrected chi connectivity index (χ4v) is 3.09. The van der Waals surface area contributed by atoms with Crippen LogP contribution in [0.25, 0.3) is 0 Å². The number of Topliss-reactive ketones (excluding diaryl/α,β-unsaturated/α-hetero) is 1. The molecule has 1 aliphatic rings. The van der Waals surface area contributed by atoms with Gasteiger partial charge in [0.15, 0.2) is 9.84 Å². The number of carbonyl (C=O) groups excluding carboxylic acids is 1. The zero-order valence-corrected chi connectivity index (χ0v) is 11.5. The van der Waals surface area contributed by atoms with Crippen molar-refractivity contribution < 1.29 is 17.9 Å². The van der Waals surface area contributed by atoms with Crippen LogP contribution in [0.5, 0.6) is 5.75 Å². The van der Waals surface area contributed by atoms with Crippen LogP contribution in [0.2, 0.25) is 0 Å². The molecule has 0 bridgehead atoms. The lowest BCUT2D eigenvalue weighted by molar-refractivity contribution is -0.130. The predicted octanol–water partition coefficient (Wildman–Crippen LogP) is 1.79. The van der Waals surface area contributed by atoms with Crippen molar-refractivity contribution in [2.75, 3.05) is 13.4 Å². The molecule has 1 saturated carbocycles. The highest BCUT2D eigenvalue weighted by atomic mass is 32.2. The summed E-state index contributed by atoms with van der Waals surface area (Å²) in [6, 6.07) is 5.05. The Morgan fingerprint density at radius 3 is 2.44 bits per heavy atom. The molecule has 5 heteroatoms. The number of rotatable bonds is 3. The summed E-state index contributed by atoms with van der Waals surface area (Å²) >= 11 is 0. The van der Waals surface area contributed by atoms with Crippen LogP contribution >= 0.6 is 0 Å². The number of benzene rings is 1. The summed E-state index contributed by atoms with van der Waals surface area (Å²) in [6.45, 7) is 1.90. The fourth-order valence-electron chi connectivity index (χ4n) is 2.27. The molecule has 0 radical (unpaired) electrons. The number of methoxy groups -OCH3 is 1. The van der Waals surface area contributed by atoms with E-state index in [1.54, 1.807) is 18.2 Å². The Balaban J connectivity index is 2.40. The van der Waals surface area contributed by atoms with E-state index in [9.17, 15) is 13.2 Å². The van der Waals surface area contributed by atoms with Crippen molar-refractivity contribution in [1.29, 1.82) is 0 Å². The molecule has 1 aromatic rings. The number of hydrogen-bond acceptors (Lipinski definition) is 4. The topological polar surface area (TPSA) is 60.4 Å². The molecule has 18 heavy (non-hydrogen) atoms. The normalized spacial score (nSPS) is 23.6. The Labute approximate surface area is 107 Å². The summed E-state index contributed by atoms with van der Waals surface area (Å²) in [5.74, 6) is 0.798. The van der Waals surface area contributed by atoms with Gasteiger partial charge in [0.25, 0.3) is 0 Å². The molecule has 0 spiro atoms. The highest BCUT2D eigenvalue weighted by Gasteiger charge is 2.37. The third kappa shape index (κ3) is 2.14. The molecular weight excluding hydrogens is 252 g/mol. The number of hydrogen-bond donors (Lipinski definition) is 0. The number of ether oxygens (including phenoxy) is 1. The number of carbonyl (C=O) groups is 1. The lowest BCUT2D eigenvalue weighted by Gasteiger charge is -2.32. The quantitative estimate of drug-likeness (QED) is 0.838. The minimum absolute atomic E-state index is 0.0128. The van der Waals surface area contributed by atoms with Gasteiger partial charge < -0.3 is 4.74 Å². The Kier molecular flexibility index (Phi) is 3.19. The van der Waals surface area contributed by atoms with Crippen molar-refractivity contribution in [3.05, 3.63) is 23.8 Å². The lowest BCUT2D eigenvalue weighted by Crippen LogP contribution is -2.32. The maximum absolute atomic E-state index is 11.6. The Morgan fingerprint density at radius 1 is 1.33 bits per heavy atom. The van der Waals surface area contributed by atoms with Gasteiger partial charge in [-0.1, -0.05) is 13.0 Å². The monoisotopic (exact) mass is 268 g/mol. The van der Waals surface area contributed by atoms with Gasteiger partial charge in [0.05, 0.1) is 7.11 Å². The van der Waals surface area contributed by atoms with Gasteiger partial charge in [-0.2, -0.15) is 0 Å². The van der Waals surface area contributed by atoms with Gasteiger partial charge in [-0.25, -0.2) is 8.42 Å². The average molecular weight is 268 g/mol.